The highest BCUT2D eigenvalue weighted by Gasteiger charge is 2.29. The maximum absolute atomic E-state index is 13.7. The minimum Gasteiger partial charge on any atom is -0.481 e. The Morgan fingerprint density at radius 1 is 0.733 bits per heavy atom. The molecular formula is C39H52I3N5O13. The summed E-state index contributed by atoms with van der Waals surface area (Å²) in [6.45, 7) is -0.616. The van der Waals surface area contributed by atoms with Gasteiger partial charge in [0.2, 0.25) is 11.8 Å². The van der Waals surface area contributed by atoms with Crippen molar-refractivity contribution < 1.29 is 63.8 Å². The molecule has 0 heterocycles. The van der Waals surface area contributed by atoms with Gasteiger partial charge >= 0.3 is 29.8 Å². The van der Waals surface area contributed by atoms with Crippen LogP contribution in [0.5, 0.6) is 0 Å². The van der Waals surface area contributed by atoms with Crippen LogP contribution in [0.3, 0.4) is 0 Å². The number of benzene rings is 2. The van der Waals surface area contributed by atoms with Crippen molar-refractivity contribution in [1.29, 1.82) is 0 Å². The summed E-state index contributed by atoms with van der Waals surface area (Å²) in [6.07, 6.45) is 2.61. The van der Waals surface area contributed by atoms with E-state index in [1.807, 2.05) is 43.3 Å². The largest absolute Gasteiger partial charge is 0.481 e. The number of carboxylic acids is 5. The van der Waals surface area contributed by atoms with Crippen molar-refractivity contribution in [2.45, 2.75) is 58.1 Å². The van der Waals surface area contributed by atoms with Gasteiger partial charge in [0.05, 0.1) is 51.0 Å². The van der Waals surface area contributed by atoms with Crippen LogP contribution in [-0.4, -0.2) is 153 Å². The number of nitrogens with zero attached hydrogens (tertiary/aromatic N) is 3. The van der Waals surface area contributed by atoms with Gasteiger partial charge in [0.1, 0.15) is 6.04 Å². The summed E-state index contributed by atoms with van der Waals surface area (Å²) in [5, 5.41) is 53.1. The molecule has 0 aliphatic heterocycles. The number of unbranched alkanes of at least 4 members (excludes halogenated alkanes) is 2. The van der Waals surface area contributed by atoms with Crippen LogP contribution < -0.4 is 10.6 Å². The van der Waals surface area contributed by atoms with E-state index in [1.54, 1.807) is 0 Å². The third-order valence-corrected chi connectivity index (χ3v) is 12.2. The minimum atomic E-state index is -1.26. The van der Waals surface area contributed by atoms with E-state index in [-0.39, 0.29) is 58.3 Å². The molecular weight excluding hydrogens is 1130 g/mol. The van der Waals surface area contributed by atoms with Gasteiger partial charge in [-0.15, -0.1) is 0 Å². The first-order valence-corrected chi connectivity index (χ1v) is 22.3. The number of hydrogen-bond donors (Lipinski definition) is 7. The quantitative estimate of drug-likeness (QED) is 0.0420. The monoisotopic (exact) mass is 1180 g/mol. The van der Waals surface area contributed by atoms with Crippen LogP contribution >= 0.6 is 67.8 Å². The number of carboxylic acid groups (broad SMARTS) is 5. The smallest absolute Gasteiger partial charge is 0.317 e. The van der Waals surface area contributed by atoms with Crippen LogP contribution in [0.4, 0.5) is 5.69 Å². The highest BCUT2D eigenvalue weighted by atomic mass is 127. The Kier molecular flexibility index (Phi) is 25.0. The normalized spacial score (nSPS) is 12.3. The van der Waals surface area contributed by atoms with Gasteiger partial charge < -0.3 is 40.9 Å². The van der Waals surface area contributed by atoms with Gasteiger partial charge in [-0.25, -0.2) is 0 Å². The number of aliphatic carboxylic acids is 5. The maximum atomic E-state index is 13.7. The van der Waals surface area contributed by atoms with E-state index in [4.69, 9.17) is 4.74 Å². The number of amides is 2. The molecule has 7 N–H and O–H groups in total. The lowest BCUT2D eigenvalue weighted by atomic mass is 9.97. The summed E-state index contributed by atoms with van der Waals surface area (Å²) in [7, 11) is 0. The molecule has 0 aliphatic carbocycles. The van der Waals surface area contributed by atoms with E-state index >= 15 is 0 Å². The summed E-state index contributed by atoms with van der Waals surface area (Å²) in [6, 6.07) is 9.94. The van der Waals surface area contributed by atoms with Crippen molar-refractivity contribution in [3.8, 4) is 0 Å². The number of anilines is 1. The van der Waals surface area contributed by atoms with E-state index < -0.39 is 73.9 Å². The summed E-state index contributed by atoms with van der Waals surface area (Å²) in [5.74, 6) is -7.13. The van der Waals surface area contributed by atoms with Gasteiger partial charge in [0.25, 0.3) is 0 Å². The molecule has 0 aliphatic rings. The molecule has 2 atom stereocenters. The number of rotatable bonds is 31. The Balaban J connectivity index is 2.09. The second-order valence-corrected chi connectivity index (χ2v) is 17.3. The number of nitrogens with one attached hydrogen (secondary N) is 2. The van der Waals surface area contributed by atoms with E-state index in [0.717, 1.165) is 26.7 Å². The minimum absolute atomic E-state index is 0.0520. The van der Waals surface area contributed by atoms with E-state index in [2.05, 4.69) is 78.4 Å². The molecule has 60 heavy (non-hydrogen) atoms. The van der Waals surface area contributed by atoms with Crippen LogP contribution in [0.25, 0.3) is 0 Å². The Hall–Kier alpha value is -3.24. The first kappa shape index (κ1) is 52.9. The lowest BCUT2D eigenvalue weighted by Gasteiger charge is -2.32. The average Bonchev–Trinajstić information content (AvgIpc) is 3.16. The molecule has 18 nitrogen and oxygen atoms in total. The van der Waals surface area contributed by atoms with Crippen LogP contribution in [-0.2, 0) is 51.3 Å². The summed E-state index contributed by atoms with van der Waals surface area (Å²) in [5.41, 5.74) is 2.33. The van der Waals surface area contributed by atoms with E-state index in [0.29, 0.717) is 37.8 Å². The van der Waals surface area contributed by atoms with Gasteiger partial charge in [-0.3, -0.25) is 48.3 Å². The molecule has 21 heteroatoms. The number of ether oxygens (including phenoxy) is 1. The van der Waals surface area contributed by atoms with Gasteiger partial charge in [0.15, 0.2) is 0 Å². The Bertz CT molecular complexity index is 1760. The molecule has 2 amide bonds. The molecule has 0 saturated carbocycles. The summed E-state index contributed by atoms with van der Waals surface area (Å²) in [4.78, 5) is 88.5. The standard InChI is InChI=1S/C39H52I3N5O13/c1-2-26(39(58)59)17-27-28(40)18-29(41)37(36(27)42)44-31(48)11-7-4-8-12-43-38(57)30(24-60-23-25-9-5-3-6-10-25)47(22-35(55)56)16-15-45(19-32(49)50)13-14-46(20-33(51)52)21-34(53)54/h3,5-6,9-10,18,26,30H,2,4,7-8,11-17,19-24H2,1H3,(H,43,57)(H,44,48)(H,49,50)(H,51,52)(H,53,54)(H,55,56)(H,58,59). The molecule has 0 aromatic heterocycles. The van der Waals surface area contributed by atoms with Crippen molar-refractivity contribution in [3.63, 3.8) is 0 Å². The van der Waals surface area contributed by atoms with Gasteiger partial charge in [-0.2, -0.15) is 0 Å². The van der Waals surface area contributed by atoms with Crippen LogP contribution in [0.2, 0.25) is 0 Å². The summed E-state index contributed by atoms with van der Waals surface area (Å²) >= 11 is 6.47. The molecule has 2 aromatic carbocycles. The molecule has 0 radical (unpaired) electrons. The fourth-order valence-electron chi connectivity index (χ4n) is 6.04. The molecule has 0 spiro atoms. The molecule has 0 bridgehead atoms. The number of carbonyl (C=O) groups excluding carboxylic acids is 2. The number of halogens is 3. The van der Waals surface area contributed by atoms with Crippen molar-refractivity contribution in [2.24, 2.45) is 5.92 Å². The number of carbonyl (C=O) groups is 7. The lowest BCUT2D eigenvalue weighted by Crippen LogP contribution is -2.53. The second-order valence-electron chi connectivity index (χ2n) is 13.9. The fraction of sp³-hybridized carbons (Fsp3) is 0.513. The van der Waals surface area contributed by atoms with Crippen molar-refractivity contribution in [1.82, 2.24) is 20.0 Å². The van der Waals surface area contributed by atoms with Crippen LogP contribution in [0.1, 0.15) is 50.2 Å². The van der Waals surface area contributed by atoms with Gasteiger partial charge in [-0.05, 0) is 111 Å². The third-order valence-electron chi connectivity index (χ3n) is 9.18. The molecule has 2 aromatic rings. The zero-order chi connectivity index (χ0) is 44.8. The lowest BCUT2D eigenvalue weighted by molar-refractivity contribution is -0.143. The van der Waals surface area contributed by atoms with E-state index in [1.165, 1.54) is 9.80 Å². The Morgan fingerprint density at radius 2 is 1.32 bits per heavy atom. The topological polar surface area (TPSA) is 264 Å². The predicted octanol–water partition coefficient (Wildman–Crippen LogP) is 3.60. The molecule has 0 fully saturated rings. The first-order chi connectivity index (χ1) is 28.4. The molecule has 2 rings (SSSR count). The zero-order valence-electron chi connectivity index (χ0n) is 33.1. The van der Waals surface area contributed by atoms with Crippen molar-refractivity contribution in [3.05, 3.63) is 58.2 Å². The molecule has 0 saturated heterocycles. The van der Waals surface area contributed by atoms with E-state index in [9.17, 15) is 59.1 Å². The maximum Gasteiger partial charge on any atom is 0.317 e. The van der Waals surface area contributed by atoms with Crippen LogP contribution in [0.15, 0.2) is 36.4 Å². The third kappa shape index (κ3) is 20.5. The highest BCUT2D eigenvalue weighted by molar-refractivity contribution is 14.1. The number of hydrogen-bond acceptors (Lipinski definition) is 11. The fourth-order valence-corrected chi connectivity index (χ4v) is 10.1. The molecule has 332 valence electrons. The SMILES string of the molecule is CCC(Cc1c(I)cc(I)c(NC(=O)CCCCCNC(=O)C(COCc2ccccc2)N(CCN(CCN(CC(=O)O)CC(=O)O)CC(=O)O)CC(=O)O)c1I)C(=O)O. The first-order valence-electron chi connectivity index (χ1n) is 19.1. The van der Waals surface area contributed by atoms with Crippen molar-refractivity contribution in [2.75, 3.05) is 70.8 Å². The average molecular weight is 1180 g/mol. The second kappa shape index (κ2) is 28.4. The predicted molar refractivity (Wildman–Crippen MR) is 245 cm³/mol. The Labute approximate surface area is 389 Å². The Morgan fingerprint density at radius 3 is 1.90 bits per heavy atom. The summed E-state index contributed by atoms with van der Waals surface area (Å²) < 4.78 is 8.43. The van der Waals surface area contributed by atoms with Crippen LogP contribution in [0, 0.1) is 16.6 Å². The zero-order valence-corrected chi connectivity index (χ0v) is 39.6. The van der Waals surface area contributed by atoms with Crippen molar-refractivity contribution >= 4 is 115 Å². The van der Waals surface area contributed by atoms with Gasteiger partial charge in [-0.1, -0.05) is 43.7 Å². The van der Waals surface area contributed by atoms with Gasteiger partial charge in [0, 0.05) is 49.9 Å². The molecule has 2 unspecified atom stereocenters. The highest BCUT2D eigenvalue weighted by Crippen LogP contribution is 2.34.